The van der Waals surface area contributed by atoms with E-state index in [-0.39, 0.29) is 0 Å². The lowest BCUT2D eigenvalue weighted by Gasteiger charge is -2.41. The van der Waals surface area contributed by atoms with Crippen molar-refractivity contribution in [2.45, 2.75) is 104 Å². The fourth-order valence-corrected chi connectivity index (χ4v) is 3.42. The summed E-state index contributed by atoms with van der Waals surface area (Å²) in [7, 11) is 0. The summed E-state index contributed by atoms with van der Waals surface area (Å²) in [5.74, 6) is 0. The van der Waals surface area contributed by atoms with E-state index >= 15 is 0 Å². The average molecular weight is 282 g/mol. The molecule has 0 aromatic rings. The van der Waals surface area contributed by atoms with Crippen LogP contribution in [-0.4, -0.2) is 13.1 Å². The molecule has 1 aliphatic rings. The Balaban J connectivity index is 1.74. The Morgan fingerprint density at radius 1 is 0.750 bits per heavy atom. The normalized spacial score (nSPS) is 17.1. The number of rotatable bonds is 14. The van der Waals surface area contributed by atoms with Crippen LogP contribution in [0.4, 0.5) is 0 Å². The highest BCUT2D eigenvalue weighted by Gasteiger charge is 2.34. The van der Waals surface area contributed by atoms with Crippen LogP contribution in [0.2, 0.25) is 0 Å². The van der Waals surface area contributed by atoms with E-state index in [0.29, 0.717) is 5.41 Å². The lowest BCUT2D eigenvalue weighted by molar-refractivity contribution is 0.124. The van der Waals surface area contributed by atoms with Gasteiger partial charge in [0, 0.05) is 6.54 Å². The zero-order chi connectivity index (χ0) is 14.5. The maximum absolute atomic E-state index is 3.70. The molecule has 1 fully saturated rings. The van der Waals surface area contributed by atoms with E-state index in [0.717, 1.165) is 0 Å². The molecule has 0 aromatic carbocycles. The molecule has 0 heterocycles. The monoisotopic (exact) mass is 281 g/mol. The van der Waals surface area contributed by atoms with E-state index in [2.05, 4.69) is 19.2 Å². The minimum absolute atomic E-state index is 0.693. The molecule has 0 atom stereocenters. The van der Waals surface area contributed by atoms with Crippen LogP contribution in [0.25, 0.3) is 0 Å². The van der Waals surface area contributed by atoms with Crippen molar-refractivity contribution in [2.24, 2.45) is 5.41 Å². The summed E-state index contributed by atoms with van der Waals surface area (Å²) >= 11 is 0. The third-order valence-electron chi connectivity index (χ3n) is 5.37. The molecule has 120 valence electrons. The van der Waals surface area contributed by atoms with E-state index in [1.54, 1.807) is 0 Å². The topological polar surface area (TPSA) is 12.0 Å². The minimum Gasteiger partial charge on any atom is -0.316 e. The van der Waals surface area contributed by atoms with Crippen LogP contribution in [-0.2, 0) is 0 Å². The highest BCUT2D eigenvalue weighted by atomic mass is 14.9. The molecule has 0 amide bonds. The van der Waals surface area contributed by atoms with Gasteiger partial charge in [-0.25, -0.2) is 0 Å². The fraction of sp³-hybridized carbons (Fsp3) is 1.00. The largest absolute Gasteiger partial charge is 0.316 e. The van der Waals surface area contributed by atoms with Gasteiger partial charge >= 0.3 is 0 Å². The van der Waals surface area contributed by atoms with E-state index < -0.39 is 0 Å². The van der Waals surface area contributed by atoms with Crippen molar-refractivity contribution in [3.8, 4) is 0 Å². The molecule has 0 bridgehead atoms. The van der Waals surface area contributed by atoms with E-state index in [9.17, 15) is 0 Å². The Kier molecular flexibility index (Phi) is 10.4. The van der Waals surface area contributed by atoms with Gasteiger partial charge in [-0.3, -0.25) is 0 Å². The molecular formula is C19H39N. The standard InChI is InChI=1S/C19H39N/c1-3-5-6-7-8-9-10-11-12-13-17-20-18-19(4-2)15-14-16-19/h20H,3-18H2,1-2H3. The van der Waals surface area contributed by atoms with Crippen molar-refractivity contribution in [3.05, 3.63) is 0 Å². The van der Waals surface area contributed by atoms with Crippen LogP contribution in [0.3, 0.4) is 0 Å². The summed E-state index contributed by atoms with van der Waals surface area (Å²) < 4.78 is 0. The van der Waals surface area contributed by atoms with Crippen LogP contribution in [0.15, 0.2) is 0 Å². The van der Waals surface area contributed by atoms with Crippen molar-refractivity contribution < 1.29 is 0 Å². The van der Waals surface area contributed by atoms with Gasteiger partial charge in [0.25, 0.3) is 0 Å². The Morgan fingerprint density at radius 2 is 1.30 bits per heavy atom. The van der Waals surface area contributed by atoms with Crippen molar-refractivity contribution in [2.75, 3.05) is 13.1 Å². The Hall–Kier alpha value is -0.0400. The Labute approximate surface area is 128 Å². The predicted octanol–water partition coefficient (Wildman–Crippen LogP) is 6.08. The second-order valence-electron chi connectivity index (χ2n) is 7.07. The van der Waals surface area contributed by atoms with Gasteiger partial charge in [-0.1, -0.05) is 78.1 Å². The zero-order valence-electron chi connectivity index (χ0n) is 14.3. The highest BCUT2D eigenvalue weighted by Crippen LogP contribution is 2.42. The highest BCUT2D eigenvalue weighted by molar-refractivity contribution is 4.88. The molecular weight excluding hydrogens is 242 g/mol. The van der Waals surface area contributed by atoms with Gasteiger partial charge in [-0.05, 0) is 37.6 Å². The summed E-state index contributed by atoms with van der Waals surface area (Å²) in [6.07, 6.45) is 20.2. The van der Waals surface area contributed by atoms with Crippen LogP contribution in [0, 0.1) is 5.41 Å². The molecule has 0 spiro atoms. The second-order valence-corrected chi connectivity index (χ2v) is 7.07. The van der Waals surface area contributed by atoms with Crippen molar-refractivity contribution in [1.29, 1.82) is 0 Å². The molecule has 0 aliphatic heterocycles. The van der Waals surface area contributed by atoms with Crippen LogP contribution in [0.1, 0.15) is 104 Å². The first-order valence-electron chi connectivity index (χ1n) is 9.54. The Bertz CT molecular complexity index is 202. The van der Waals surface area contributed by atoms with E-state index in [1.807, 2.05) is 0 Å². The molecule has 1 N–H and O–H groups in total. The van der Waals surface area contributed by atoms with Gasteiger partial charge in [-0.2, -0.15) is 0 Å². The molecule has 1 heteroatoms. The van der Waals surface area contributed by atoms with Gasteiger partial charge in [-0.15, -0.1) is 0 Å². The molecule has 1 rings (SSSR count). The average Bonchev–Trinajstić information content (AvgIpc) is 2.42. The van der Waals surface area contributed by atoms with Crippen LogP contribution >= 0.6 is 0 Å². The zero-order valence-corrected chi connectivity index (χ0v) is 14.3. The predicted molar refractivity (Wildman–Crippen MR) is 91.3 cm³/mol. The molecule has 0 aromatic heterocycles. The first-order valence-corrected chi connectivity index (χ1v) is 9.54. The van der Waals surface area contributed by atoms with E-state index in [4.69, 9.17) is 0 Å². The van der Waals surface area contributed by atoms with Crippen molar-refractivity contribution in [1.82, 2.24) is 5.32 Å². The molecule has 1 saturated carbocycles. The summed E-state index contributed by atoms with van der Waals surface area (Å²) in [5, 5.41) is 3.70. The number of hydrogen-bond acceptors (Lipinski definition) is 1. The first-order chi connectivity index (χ1) is 9.83. The SMILES string of the molecule is CCCCCCCCCCCCNCC1(CC)CCC1. The lowest BCUT2D eigenvalue weighted by Crippen LogP contribution is -2.39. The molecule has 1 nitrogen and oxygen atoms in total. The third-order valence-corrected chi connectivity index (χ3v) is 5.37. The number of hydrogen-bond donors (Lipinski definition) is 1. The van der Waals surface area contributed by atoms with Crippen LogP contribution < -0.4 is 5.32 Å². The lowest BCUT2D eigenvalue weighted by atomic mass is 9.67. The summed E-state index contributed by atoms with van der Waals surface area (Å²) in [4.78, 5) is 0. The summed E-state index contributed by atoms with van der Waals surface area (Å²) in [5.41, 5.74) is 0.693. The third kappa shape index (κ3) is 7.67. The van der Waals surface area contributed by atoms with Crippen molar-refractivity contribution >= 4 is 0 Å². The smallest absolute Gasteiger partial charge is 0.000770 e. The molecule has 20 heavy (non-hydrogen) atoms. The van der Waals surface area contributed by atoms with E-state index in [1.165, 1.54) is 103 Å². The summed E-state index contributed by atoms with van der Waals surface area (Å²) in [6.45, 7) is 7.18. The second kappa shape index (κ2) is 11.6. The fourth-order valence-electron chi connectivity index (χ4n) is 3.42. The minimum atomic E-state index is 0.693. The quantitative estimate of drug-likeness (QED) is 0.381. The number of nitrogens with one attached hydrogen (secondary N) is 1. The molecule has 0 saturated heterocycles. The maximum atomic E-state index is 3.70. The molecule has 1 aliphatic carbocycles. The maximum Gasteiger partial charge on any atom is 0.000770 e. The van der Waals surface area contributed by atoms with Gasteiger partial charge < -0.3 is 5.32 Å². The Morgan fingerprint density at radius 3 is 1.75 bits per heavy atom. The molecule has 0 radical (unpaired) electrons. The summed E-state index contributed by atoms with van der Waals surface area (Å²) in [6, 6.07) is 0. The number of unbranched alkanes of at least 4 members (excludes halogenated alkanes) is 9. The van der Waals surface area contributed by atoms with Gasteiger partial charge in [0.05, 0.1) is 0 Å². The van der Waals surface area contributed by atoms with Gasteiger partial charge in [0.2, 0.25) is 0 Å². The van der Waals surface area contributed by atoms with Crippen LogP contribution in [0.5, 0.6) is 0 Å². The first kappa shape index (κ1) is 18.0. The van der Waals surface area contributed by atoms with Crippen molar-refractivity contribution in [3.63, 3.8) is 0 Å². The van der Waals surface area contributed by atoms with Gasteiger partial charge in [0.15, 0.2) is 0 Å². The van der Waals surface area contributed by atoms with Gasteiger partial charge in [0.1, 0.15) is 0 Å². The molecule has 0 unspecified atom stereocenters.